The van der Waals surface area contributed by atoms with Crippen LogP contribution in [0.15, 0.2) is 0 Å². The van der Waals surface area contributed by atoms with Crippen molar-refractivity contribution in [3.8, 4) is 12.3 Å². The molecule has 0 radical (unpaired) electrons. The molecule has 0 aromatic heterocycles. The molecule has 0 unspecified atom stereocenters. The summed E-state index contributed by atoms with van der Waals surface area (Å²) in [6.45, 7) is 2.85. The highest BCUT2D eigenvalue weighted by molar-refractivity contribution is 7.92. The Labute approximate surface area is 85.2 Å². The van der Waals surface area contributed by atoms with Crippen molar-refractivity contribution in [3.05, 3.63) is 0 Å². The maximum atomic E-state index is 11.7. The third kappa shape index (κ3) is 2.48. The highest BCUT2D eigenvalue weighted by Gasteiger charge is 2.40. The first-order valence-corrected chi connectivity index (χ1v) is 5.92. The molecule has 0 bridgehead atoms. The van der Waals surface area contributed by atoms with E-state index in [1.54, 1.807) is 0 Å². The molecule has 0 atom stereocenters. The van der Waals surface area contributed by atoms with Gasteiger partial charge < -0.3 is 4.90 Å². The molecule has 0 aliphatic heterocycles. The summed E-state index contributed by atoms with van der Waals surface area (Å²) in [5, 5.41) is 0. The lowest BCUT2D eigenvalue weighted by Crippen LogP contribution is -2.48. The number of amides is 1. The SMILES string of the molecule is C#CCN(C)C(=O)C(C)(C)S(C)(=O)=O. The number of nitrogens with zero attached hydrogens (tertiary/aromatic N) is 1. The fourth-order valence-corrected chi connectivity index (χ4v) is 1.30. The van der Waals surface area contributed by atoms with Gasteiger partial charge in [0, 0.05) is 13.3 Å². The van der Waals surface area contributed by atoms with Gasteiger partial charge in [0.25, 0.3) is 0 Å². The van der Waals surface area contributed by atoms with Gasteiger partial charge >= 0.3 is 0 Å². The zero-order chi connectivity index (χ0) is 11.6. The first-order chi connectivity index (χ1) is 6.14. The van der Waals surface area contributed by atoms with Crippen LogP contribution >= 0.6 is 0 Å². The molecule has 0 N–H and O–H groups in total. The lowest BCUT2D eigenvalue weighted by molar-refractivity contribution is -0.131. The van der Waals surface area contributed by atoms with E-state index < -0.39 is 20.5 Å². The zero-order valence-electron chi connectivity index (χ0n) is 8.86. The summed E-state index contributed by atoms with van der Waals surface area (Å²) in [6.07, 6.45) is 6.06. The van der Waals surface area contributed by atoms with Gasteiger partial charge in [0.05, 0.1) is 6.54 Å². The molecule has 0 aromatic carbocycles. The second-order valence-corrected chi connectivity index (χ2v) is 6.21. The standard InChI is InChI=1S/C9H15NO3S/c1-6-7-10(4)8(11)9(2,3)14(5,12)13/h1H,7H2,2-5H3. The molecule has 0 spiro atoms. The van der Waals surface area contributed by atoms with Crippen LogP contribution in [0.5, 0.6) is 0 Å². The quantitative estimate of drug-likeness (QED) is 0.620. The lowest BCUT2D eigenvalue weighted by Gasteiger charge is -2.26. The monoisotopic (exact) mass is 217 g/mol. The average Bonchev–Trinajstić information content (AvgIpc) is 2.01. The zero-order valence-corrected chi connectivity index (χ0v) is 9.68. The summed E-state index contributed by atoms with van der Waals surface area (Å²) in [4.78, 5) is 12.9. The molecule has 0 rings (SSSR count). The molecular weight excluding hydrogens is 202 g/mol. The van der Waals surface area contributed by atoms with Gasteiger partial charge in [-0.05, 0) is 13.8 Å². The van der Waals surface area contributed by atoms with Crippen LogP contribution in [-0.4, -0.2) is 43.8 Å². The first kappa shape index (κ1) is 13.0. The van der Waals surface area contributed by atoms with Gasteiger partial charge in [-0.25, -0.2) is 8.42 Å². The summed E-state index contributed by atoms with van der Waals surface area (Å²) < 4.78 is 21.2. The summed E-state index contributed by atoms with van der Waals surface area (Å²) in [5.74, 6) is 1.79. The molecular formula is C9H15NO3S. The molecule has 0 aliphatic carbocycles. The normalized spacial score (nSPS) is 11.9. The number of terminal acetylenes is 1. The minimum Gasteiger partial charge on any atom is -0.333 e. The molecule has 5 heteroatoms. The maximum absolute atomic E-state index is 11.7. The van der Waals surface area contributed by atoms with Crippen LogP contribution in [0.25, 0.3) is 0 Å². The second-order valence-electron chi connectivity index (χ2n) is 3.65. The Balaban J connectivity index is 4.97. The molecule has 4 nitrogen and oxygen atoms in total. The van der Waals surface area contributed by atoms with Gasteiger partial charge in [-0.2, -0.15) is 0 Å². The molecule has 80 valence electrons. The Kier molecular flexibility index (Phi) is 3.72. The maximum Gasteiger partial charge on any atom is 0.243 e. The molecule has 14 heavy (non-hydrogen) atoms. The van der Waals surface area contributed by atoms with Crippen molar-refractivity contribution in [1.29, 1.82) is 0 Å². The van der Waals surface area contributed by atoms with Crippen molar-refractivity contribution in [2.24, 2.45) is 0 Å². The van der Waals surface area contributed by atoms with Gasteiger partial charge in [-0.1, -0.05) is 5.92 Å². The van der Waals surface area contributed by atoms with Crippen molar-refractivity contribution in [2.75, 3.05) is 19.8 Å². The summed E-state index contributed by atoms with van der Waals surface area (Å²) in [7, 11) is -1.94. The van der Waals surface area contributed by atoms with Gasteiger partial charge in [-0.15, -0.1) is 6.42 Å². The highest BCUT2D eigenvalue weighted by Crippen LogP contribution is 2.17. The summed E-state index contributed by atoms with van der Waals surface area (Å²) in [5.41, 5.74) is 0. The molecule has 0 saturated carbocycles. The Morgan fingerprint density at radius 2 is 1.93 bits per heavy atom. The van der Waals surface area contributed by atoms with Crippen LogP contribution in [0.2, 0.25) is 0 Å². The second kappa shape index (κ2) is 4.01. The molecule has 0 saturated heterocycles. The van der Waals surface area contributed by atoms with Crippen LogP contribution in [0.1, 0.15) is 13.8 Å². The number of rotatable bonds is 3. The predicted octanol–water partition coefficient (Wildman–Crippen LogP) is -0.0988. The van der Waals surface area contributed by atoms with E-state index in [1.807, 2.05) is 0 Å². The van der Waals surface area contributed by atoms with Gasteiger partial charge in [0.15, 0.2) is 9.84 Å². The van der Waals surface area contributed by atoms with E-state index in [9.17, 15) is 13.2 Å². The number of hydrogen-bond donors (Lipinski definition) is 0. The van der Waals surface area contributed by atoms with Crippen molar-refractivity contribution < 1.29 is 13.2 Å². The van der Waals surface area contributed by atoms with Crippen molar-refractivity contribution in [3.63, 3.8) is 0 Å². The lowest BCUT2D eigenvalue weighted by atomic mass is 10.2. The smallest absolute Gasteiger partial charge is 0.243 e. The van der Waals surface area contributed by atoms with E-state index in [1.165, 1.54) is 25.8 Å². The average molecular weight is 217 g/mol. The number of carbonyl (C=O) groups excluding carboxylic acids is 1. The Morgan fingerprint density at radius 3 is 2.21 bits per heavy atom. The fourth-order valence-electron chi connectivity index (χ4n) is 0.827. The van der Waals surface area contributed by atoms with E-state index in [-0.39, 0.29) is 6.54 Å². The topological polar surface area (TPSA) is 54.5 Å². The van der Waals surface area contributed by atoms with Gasteiger partial charge in [-0.3, -0.25) is 4.79 Å². The van der Waals surface area contributed by atoms with E-state index >= 15 is 0 Å². The van der Waals surface area contributed by atoms with E-state index in [0.717, 1.165) is 6.26 Å². The minimum absolute atomic E-state index is 0.109. The third-order valence-corrected chi connectivity index (χ3v) is 4.15. The van der Waals surface area contributed by atoms with Crippen LogP contribution in [0.3, 0.4) is 0 Å². The van der Waals surface area contributed by atoms with Crippen molar-refractivity contribution >= 4 is 15.7 Å². The van der Waals surface area contributed by atoms with Gasteiger partial charge in [0.2, 0.25) is 5.91 Å². The van der Waals surface area contributed by atoms with Crippen LogP contribution in [0, 0.1) is 12.3 Å². The summed E-state index contributed by atoms with van der Waals surface area (Å²) >= 11 is 0. The largest absolute Gasteiger partial charge is 0.333 e. The Morgan fingerprint density at radius 1 is 1.50 bits per heavy atom. The number of carbonyl (C=O) groups is 1. The van der Waals surface area contributed by atoms with E-state index in [2.05, 4.69) is 5.92 Å². The molecule has 1 amide bonds. The number of hydrogen-bond acceptors (Lipinski definition) is 3. The fraction of sp³-hybridized carbons (Fsp3) is 0.667. The van der Waals surface area contributed by atoms with E-state index in [4.69, 9.17) is 6.42 Å². The van der Waals surface area contributed by atoms with Crippen LogP contribution < -0.4 is 0 Å². The highest BCUT2D eigenvalue weighted by atomic mass is 32.2. The van der Waals surface area contributed by atoms with Crippen molar-refractivity contribution in [2.45, 2.75) is 18.6 Å². The molecule has 0 aromatic rings. The van der Waals surface area contributed by atoms with Crippen LogP contribution in [0.4, 0.5) is 0 Å². The third-order valence-electron chi connectivity index (χ3n) is 2.12. The Bertz CT molecular complexity index is 362. The minimum atomic E-state index is -3.42. The summed E-state index contributed by atoms with van der Waals surface area (Å²) in [6, 6.07) is 0. The Hall–Kier alpha value is -1.02. The molecule has 0 fully saturated rings. The van der Waals surface area contributed by atoms with Crippen molar-refractivity contribution in [1.82, 2.24) is 4.90 Å². The van der Waals surface area contributed by atoms with E-state index in [0.29, 0.717) is 0 Å². The molecule has 0 aliphatic rings. The molecule has 0 heterocycles. The predicted molar refractivity (Wildman–Crippen MR) is 55.4 cm³/mol. The first-order valence-electron chi connectivity index (χ1n) is 4.03. The van der Waals surface area contributed by atoms with Gasteiger partial charge in [0.1, 0.15) is 4.75 Å². The van der Waals surface area contributed by atoms with Crippen LogP contribution in [-0.2, 0) is 14.6 Å². The number of sulfone groups is 1.